The van der Waals surface area contributed by atoms with Gasteiger partial charge in [0.25, 0.3) is 0 Å². The molecule has 1 fully saturated rings. The Labute approximate surface area is 69.4 Å². The molecule has 2 N–H and O–H groups in total. The van der Waals surface area contributed by atoms with Crippen molar-refractivity contribution < 1.29 is 0 Å². The number of rotatable bonds is 2. The van der Waals surface area contributed by atoms with Crippen LogP contribution in [0.3, 0.4) is 0 Å². The molecule has 5 heteroatoms. The number of thiocarbonyl (C=S) groups is 1. The zero-order valence-electron chi connectivity index (χ0n) is 5.87. The standard InChI is InChI=1S/C6H8N4S/c11-6(9-4-1-2-4)5-7-3-8-10-5/h3-4H,1-2H2,(H,9,11)(H,7,8,10). The molecule has 0 unspecified atom stereocenters. The monoisotopic (exact) mass is 168 g/mol. The van der Waals surface area contributed by atoms with Gasteiger partial charge in [-0.25, -0.2) is 4.98 Å². The van der Waals surface area contributed by atoms with E-state index in [-0.39, 0.29) is 0 Å². The van der Waals surface area contributed by atoms with E-state index in [1.165, 1.54) is 19.2 Å². The van der Waals surface area contributed by atoms with Crippen LogP contribution in [-0.4, -0.2) is 26.2 Å². The minimum atomic E-state index is 0.576. The van der Waals surface area contributed by atoms with Crippen molar-refractivity contribution in [3.63, 3.8) is 0 Å². The number of H-pyrrole nitrogens is 1. The molecule has 0 aromatic carbocycles. The maximum atomic E-state index is 5.05. The fourth-order valence-electron chi connectivity index (χ4n) is 0.796. The highest BCUT2D eigenvalue weighted by Gasteiger charge is 2.22. The van der Waals surface area contributed by atoms with E-state index in [9.17, 15) is 0 Å². The Morgan fingerprint density at radius 3 is 3.09 bits per heavy atom. The first-order valence-corrected chi connectivity index (χ1v) is 3.93. The van der Waals surface area contributed by atoms with Gasteiger partial charge >= 0.3 is 0 Å². The van der Waals surface area contributed by atoms with Crippen LogP contribution in [0.2, 0.25) is 0 Å². The van der Waals surface area contributed by atoms with Crippen molar-refractivity contribution in [2.45, 2.75) is 18.9 Å². The molecule has 0 atom stereocenters. The molecule has 0 amide bonds. The van der Waals surface area contributed by atoms with Crippen LogP contribution in [-0.2, 0) is 0 Å². The molecule has 58 valence electrons. The Kier molecular flexibility index (Phi) is 1.58. The Hall–Kier alpha value is -0.970. The first-order valence-electron chi connectivity index (χ1n) is 3.52. The molecule has 1 saturated carbocycles. The maximum Gasteiger partial charge on any atom is 0.183 e. The average Bonchev–Trinajstić information content (AvgIpc) is 2.67. The summed E-state index contributed by atoms with van der Waals surface area (Å²) in [6, 6.07) is 0.576. The quantitative estimate of drug-likeness (QED) is 0.621. The number of nitrogens with zero attached hydrogens (tertiary/aromatic N) is 2. The third kappa shape index (κ3) is 1.54. The first kappa shape index (κ1) is 6.72. The van der Waals surface area contributed by atoms with Crippen molar-refractivity contribution >= 4 is 17.2 Å². The van der Waals surface area contributed by atoms with Gasteiger partial charge in [-0.15, -0.1) is 0 Å². The van der Waals surface area contributed by atoms with Crippen LogP contribution < -0.4 is 5.32 Å². The molecule has 1 aromatic heterocycles. The Balaban J connectivity index is 1.99. The smallest absolute Gasteiger partial charge is 0.183 e. The third-order valence-corrected chi connectivity index (χ3v) is 1.85. The predicted molar refractivity (Wildman–Crippen MR) is 44.2 cm³/mol. The zero-order valence-corrected chi connectivity index (χ0v) is 6.69. The van der Waals surface area contributed by atoms with E-state index in [4.69, 9.17) is 12.2 Å². The largest absolute Gasteiger partial charge is 0.370 e. The highest BCUT2D eigenvalue weighted by molar-refractivity contribution is 7.80. The van der Waals surface area contributed by atoms with Gasteiger partial charge in [0.1, 0.15) is 11.3 Å². The summed E-state index contributed by atoms with van der Waals surface area (Å²) in [7, 11) is 0. The summed E-state index contributed by atoms with van der Waals surface area (Å²) in [4.78, 5) is 4.60. The van der Waals surface area contributed by atoms with Crippen molar-refractivity contribution in [3.05, 3.63) is 12.2 Å². The van der Waals surface area contributed by atoms with Crippen LogP contribution in [0.25, 0.3) is 0 Å². The SMILES string of the molecule is S=C(NC1CC1)c1ncn[nH]1. The molecule has 4 nitrogen and oxygen atoms in total. The van der Waals surface area contributed by atoms with Crippen molar-refractivity contribution in [1.29, 1.82) is 0 Å². The number of aromatic nitrogens is 3. The predicted octanol–water partition coefficient (Wildman–Crippen LogP) is 0.232. The lowest BCUT2D eigenvalue weighted by Crippen LogP contribution is -2.25. The summed E-state index contributed by atoms with van der Waals surface area (Å²) in [6.07, 6.45) is 3.89. The minimum absolute atomic E-state index is 0.576. The lowest BCUT2D eigenvalue weighted by Gasteiger charge is -2.00. The molecule has 0 spiro atoms. The van der Waals surface area contributed by atoms with Gasteiger partial charge in [0.15, 0.2) is 5.82 Å². The normalized spacial score (nSPS) is 16.4. The van der Waals surface area contributed by atoms with Crippen LogP contribution in [0.1, 0.15) is 18.7 Å². The highest BCUT2D eigenvalue weighted by atomic mass is 32.1. The number of aromatic amines is 1. The lowest BCUT2D eigenvalue weighted by molar-refractivity contribution is 0.910. The summed E-state index contributed by atoms with van der Waals surface area (Å²) in [5.41, 5.74) is 0. The summed E-state index contributed by atoms with van der Waals surface area (Å²) in [5, 5.41) is 9.57. The van der Waals surface area contributed by atoms with Crippen molar-refractivity contribution in [1.82, 2.24) is 20.5 Å². The second-order valence-electron chi connectivity index (χ2n) is 2.58. The second kappa shape index (κ2) is 2.58. The van der Waals surface area contributed by atoms with Crippen molar-refractivity contribution in [2.75, 3.05) is 0 Å². The summed E-state index contributed by atoms with van der Waals surface area (Å²) in [5.74, 6) is 0.659. The molecule has 0 saturated heterocycles. The lowest BCUT2D eigenvalue weighted by atomic mass is 10.5. The van der Waals surface area contributed by atoms with E-state index >= 15 is 0 Å². The van der Waals surface area contributed by atoms with E-state index in [0.29, 0.717) is 16.9 Å². The van der Waals surface area contributed by atoms with Crippen LogP contribution in [0.5, 0.6) is 0 Å². The van der Waals surface area contributed by atoms with Gasteiger partial charge in [0, 0.05) is 6.04 Å². The van der Waals surface area contributed by atoms with Gasteiger partial charge in [0.05, 0.1) is 0 Å². The first-order chi connectivity index (χ1) is 5.36. The molecule has 0 aliphatic heterocycles. The van der Waals surface area contributed by atoms with Crippen molar-refractivity contribution in [2.24, 2.45) is 0 Å². The molecular formula is C6H8N4S. The maximum absolute atomic E-state index is 5.05. The fraction of sp³-hybridized carbons (Fsp3) is 0.500. The van der Waals surface area contributed by atoms with Gasteiger partial charge in [-0.05, 0) is 12.8 Å². The van der Waals surface area contributed by atoms with Gasteiger partial charge in [-0.3, -0.25) is 5.10 Å². The molecule has 11 heavy (non-hydrogen) atoms. The van der Waals surface area contributed by atoms with Crippen LogP contribution in [0.4, 0.5) is 0 Å². The molecule has 1 heterocycles. The van der Waals surface area contributed by atoms with Crippen LogP contribution in [0.15, 0.2) is 6.33 Å². The molecule has 1 aromatic rings. The van der Waals surface area contributed by atoms with E-state index in [1.54, 1.807) is 0 Å². The van der Waals surface area contributed by atoms with E-state index in [0.717, 1.165) is 0 Å². The van der Waals surface area contributed by atoms with E-state index in [2.05, 4.69) is 20.5 Å². The molecule has 2 rings (SSSR count). The fourth-order valence-corrected chi connectivity index (χ4v) is 1.06. The topological polar surface area (TPSA) is 53.6 Å². The Morgan fingerprint density at radius 2 is 2.55 bits per heavy atom. The molecule has 1 aliphatic rings. The highest BCUT2D eigenvalue weighted by Crippen LogP contribution is 2.18. The average molecular weight is 168 g/mol. The Morgan fingerprint density at radius 1 is 1.73 bits per heavy atom. The second-order valence-corrected chi connectivity index (χ2v) is 2.99. The molecular weight excluding hydrogens is 160 g/mol. The van der Waals surface area contributed by atoms with Gasteiger partial charge in [-0.1, -0.05) is 12.2 Å². The number of hydrogen-bond donors (Lipinski definition) is 2. The van der Waals surface area contributed by atoms with Gasteiger partial charge in [0.2, 0.25) is 0 Å². The summed E-state index contributed by atoms with van der Waals surface area (Å²) < 4.78 is 0. The zero-order chi connectivity index (χ0) is 7.68. The van der Waals surface area contributed by atoms with Gasteiger partial charge < -0.3 is 5.32 Å². The minimum Gasteiger partial charge on any atom is -0.370 e. The molecule has 0 bridgehead atoms. The number of hydrogen-bond acceptors (Lipinski definition) is 3. The summed E-state index contributed by atoms with van der Waals surface area (Å²) >= 11 is 5.05. The molecule has 1 aliphatic carbocycles. The van der Waals surface area contributed by atoms with E-state index in [1.807, 2.05) is 0 Å². The molecule has 0 radical (unpaired) electrons. The Bertz CT molecular complexity index is 252. The summed E-state index contributed by atoms with van der Waals surface area (Å²) in [6.45, 7) is 0. The van der Waals surface area contributed by atoms with Crippen molar-refractivity contribution in [3.8, 4) is 0 Å². The van der Waals surface area contributed by atoms with E-state index < -0.39 is 0 Å². The third-order valence-electron chi connectivity index (χ3n) is 1.54. The van der Waals surface area contributed by atoms with Gasteiger partial charge in [-0.2, -0.15) is 5.10 Å². The van der Waals surface area contributed by atoms with Crippen LogP contribution in [0, 0.1) is 0 Å². The number of nitrogens with one attached hydrogen (secondary N) is 2. The van der Waals surface area contributed by atoms with Crippen LogP contribution >= 0.6 is 12.2 Å².